The van der Waals surface area contributed by atoms with Gasteiger partial charge in [0.1, 0.15) is 0 Å². The van der Waals surface area contributed by atoms with Crippen molar-refractivity contribution in [2.75, 3.05) is 40.3 Å². The van der Waals surface area contributed by atoms with Crippen molar-refractivity contribution in [2.24, 2.45) is 0 Å². The van der Waals surface area contributed by atoms with Crippen LogP contribution in [0, 0.1) is 0 Å². The summed E-state index contributed by atoms with van der Waals surface area (Å²) < 4.78 is 0. The number of hydrogen-bond donors (Lipinski definition) is 2. The summed E-state index contributed by atoms with van der Waals surface area (Å²) in [5.41, 5.74) is 0. The molecule has 4 nitrogen and oxygen atoms in total. The third kappa shape index (κ3) is 9.30. The average molecular weight is 187 g/mol. The number of rotatable bonds is 7. The minimum atomic E-state index is 0.0763. The molecule has 0 saturated heterocycles. The monoisotopic (exact) mass is 187 g/mol. The van der Waals surface area contributed by atoms with Gasteiger partial charge in [0.25, 0.3) is 0 Å². The SMILES string of the molecule is CCNC(=O)CNCCCN(C)C. The normalized spacial score (nSPS) is 10.5. The molecule has 0 aromatic carbocycles. The largest absolute Gasteiger partial charge is 0.355 e. The van der Waals surface area contributed by atoms with Crippen molar-refractivity contribution < 1.29 is 4.79 Å². The predicted molar refractivity (Wildman–Crippen MR) is 54.7 cm³/mol. The third-order valence-electron chi connectivity index (χ3n) is 1.62. The Balaban J connectivity index is 3.11. The Morgan fingerprint density at radius 3 is 2.62 bits per heavy atom. The van der Waals surface area contributed by atoms with Gasteiger partial charge in [-0.05, 0) is 40.5 Å². The lowest BCUT2D eigenvalue weighted by atomic mass is 10.4. The number of likely N-dealkylation sites (N-methyl/N-ethyl adjacent to an activating group) is 1. The molecule has 1 amide bonds. The first-order chi connectivity index (χ1) is 6.16. The summed E-state index contributed by atoms with van der Waals surface area (Å²) >= 11 is 0. The summed E-state index contributed by atoms with van der Waals surface area (Å²) in [6, 6.07) is 0. The summed E-state index contributed by atoms with van der Waals surface area (Å²) in [7, 11) is 4.09. The van der Waals surface area contributed by atoms with E-state index in [2.05, 4.69) is 15.5 Å². The maximum Gasteiger partial charge on any atom is 0.233 e. The minimum Gasteiger partial charge on any atom is -0.355 e. The van der Waals surface area contributed by atoms with Gasteiger partial charge in [-0.15, -0.1) is 0 Å². The highest BCUT2D eigenvalue weighted by molar-refractivity contribution is 5.77. The van der Waals surface area contributed by atoms with Gasteiger partial charge in [-0.25, -0.2) is 0 Å². The standard InChI is InChI=1S/C9H21N3O/c1-4-11-9(13)8-10-6-5-7-12(2)3/h10H,4-8H2,1-3H3,(H,11,13). The number of hydrogen-bond acceptors (Lipinski definition) is 3. The Bertz CT molecular complexity index is 137. The van der Waals surface area contributed by atoms with Crippen LogP contribution in [0.15, 0.2) is 0 Å². The topological polar surface area (TPSA) is 44.4 Å². The van der Waals surface area contributed by atoms with Crippen LogP contribution in [0.5, 0.6) is 0 Å². The molecule has 0 aliphatic heterocycles. The zero-order valence-corrected chi connectivity index (χ0v) is 8.89. The highest BCUT2D eigenvalue weighted by Gasteiger charge is 1.97. The van der Waals surface area contributed by atoms with Crippen molar-refractivity contribution in [3.05, 3.63) is 0 Å². The van der Waals surface area contributed by atoms with Gasteiger partial charge in [-0.1, -0.05) is 0 Å². The molecule has 0 atom stereocenters. The van der Waals surface area contributed by atoms with Gasteiger partial charge in [0, 0.05) is 6.54 Å². The van der Waals surface area contributed by atoms with Gasteiger partial charge in [-0.2, -0.15) is 0 Å². The summed E-state index contributed by atoms with van der Waals surface area (Å²) in [6.45, 7) is 5.02. The van der Waals surface area contributed by atoms with Crippen LogP contribution in [0.4, 0.5) is 0 Å². The molecule has 4 heteroatoms. The molecule has 2 N–H and O–H groups in total. The Morgan fingerprint density at radius 2 is 2.08 bits per heavy atom. The molecule has 0 bridgehead atoms. The molecule has 0 saturated carbocycles. The molecule has 0 spiro atoms. The molecule has 0 aromatic rings. The molecule has 78 valence electrons. The lowest BCUT2D eigenvalue weighted by molar-refractivity contribution is -0.120. The van der Waals surface area contributed by atoms with Crippen LogP contribution in [0.25, 0.3) is 0 Å². The molecule has 0 unspecified atom stereocenters. The summed E-state index contributed by atoms with van der Waals surface area (Å²) in [5, 5.41) is 5.82. The zero-order valence-electron chi connectivity index (χ0n) is 8.89. The van der Waals surface area contributed by atoms with Gasteiger partial charge in [0.05, 0.1) is 6.54 Å². The van der Waals surface area contributed by atoms with Gasteiger partial charge in [-0.3, -0.25) is 4.79 Å². The molecule has 0 radical (unpaired) electrons. The fraction of sp³-hybridized carbons (Fsp3) is 0.889. The second-order valence-electron chi connectivity index (χ2n) is 3.29. The third-order valence-corrected chi connectivity index (χ3v) is 1.62. The number of amides is 1. The molecular weight excluding hydrogens is 166 g/mol. The lowest BCUT2D eigenvalue weighted by Crippen LogP contribution is -2.34. The van der Waals surface area contributed by atoms with Crippen molar-refractivity contribution in [1.82, 2.24) is 15.5 Å². The van der Waals surface area contributed by atoms with Crippen LogP contribution in [0.2, 0.25) is 0 Å². The van der Waals surface area contributed by atoms with Gasteiger partial charge in [0.15, 0.2) is 0 Å². The molecule has 0 aliphatic rings. The van der Waals surface area contributed by atoms with Crippen LogP contribution >= 0.6 is 0 Å². The maximum atomic E-state index is 11.0. The van der Waals surface area contributed by atoms with Crippen LogP contribution in [-0.2, 0) is 4.79 Å². The van der Waals surface area contributed by atoms with Crippen molar-refractivity contribution in [1.29, 1.82) is 0 Å². The first-order valence-electron chi connectivity index (χ1n) is 4.79. The van der Waals surface area contributed by atoms with Crippen LogP contribution in [0.1, 0.15) is 13.3 Å². The lowest BCUT2D eigenvalue weighted by Gasteiger charge is -2.09. The van der Waals surface area contributed by atoms with Crippen LogP contribution in [-0.4, -0.2) is 51.1 Å². The second-order valence-corrected chi connectivity index (χ2v) is 3.29. The Hall–Kier alpha value is -0.610. The summed E-state index contributed by atoms with van der Waals surface area (Å²) in [6.07, 6.45) is 1.08. The first kappa shape index (κ1) is 12.4. The molecule has 0 aliphatic carbocycles. The van der Waals surface area contributed by atoms with E-state index in [1.165, 1.54) is 0 Å². The van der Waals surface area contributed by atoms with E-state index in [1.54, 1.807) is 0 Å². The maximum absolute atomic E-state index is 11.0. The number of nitrogens with one attached hydrogen (secondary N) is 2. The van der Waals surface area contributed by atoms with E-state index in [0.29, 0.717) is 13.1 Å². The first-order valence-corrected chi connectivity index (χ1v) is 4.79. The fourth-order valence-corrected chi connectivity index (χ4v) is 0.982. The summed E-state index contributed by atoms with van der Waals surface area (Å²) in [5.74, 6) is 0.0763. The minimum absolute atomic E-state index is 0.0763. The van der Waals surface area contributed by atoms with Crippen molar-refractivity contribution in [3.8, 4) is 0 Å². The molecule has 0 rings (SSSR count). The Morgan fingerprint density at radius 1 is 1.38 bits per heavy atom. The molecule has 0 aromatic heterocycles. The van der Waals surface area contributed by atoms with E-state index in [0.717, 1.165) is 19.5 Å². The highest BCUT2D eigenvalue weighted by Crippen LogP contribution is 1.79. The van der Waals surface area contributed by atoms with Crippen LogP contribution < -0.4 is 10.6 Å². The fourth-order valence-electron chi connectivity index (χ4n) is 0.982. The average Bonchev–Trinajstić information content (AvgIpc) is 2.03. The van der Waals surface area contributed by atoms with E-state index >= 15 is 0 Å². The van der Waals surface area contributed by atoms with E-state index in [4.69, 9.17) is 0 Å². The molecular formula is C9H21N3O. The predicted octanol–water partition coefficient (Wildman–Crippen LogP) is -0.336. The number of carbonyl (C=O) groups is 1. The molecule has 0 fully saturated rings. The van der Waals surface area contributed by atoms with E-state index < -0.39 is 0 Å². The van der Waals surface area contributed by atoms with E-state index in [-0.39, 0.29) is 5.91 Å². The van der Waals surface area contributed by atoms with Crippen molar-refractivity contribution in [2.45, 2.75) is 13.3 Å². The smallest absolute Gasteiger partial charge is 0.233 e. The second kappa shape index (κ2) is 8.01. The Kier molecular flexibility index (Phi) is 7.63. The Labute approximate surface area is 80.7 Å². The zero-order chi connectivity index (χ0) is 10.1. The highest BCUT2D eigenvalue weighted by atomic mass is 16.1. The van der Waals surface area contributed by atoms with Crippen molar-refractivity contribution in [3.63, 3.8) is 0 Å². The summed E-state index contributed by atoms with van der Waals surface area (Å²) in [4.78, 5) is 13.1. The van der Waals surface area contributed by atoms with E-state index in [1.807, 2.05) is 21.0 Å². The van der Waals surface area contributed by atoms with Crippen LogP contribution in [0.3, 0.4) is 0 Å². The quantitative estimate of drug-likeness (QED) is 0.536. The van der Waals surface area contributed by atoms with Gasteiger partial charge >= 0.3 is 0 Å². The number of nitrogens with zero attached hydrogens (tertiary/aromatic N) is 1. The molecule has 0 heterocycles. The number of carbonyl (C=O) groups excluding carboxylic acids is 1. The molecule has 13 heavy (non-hydrogen) atoms. The van der Waals surface area contributed by atoms with Gasteiger partial charge < -0.3 is 15.5 Å². The van der Waals surface area contributed by atoms with Crippen molar-refractivity contribution >= 4 is 5.91 Å². The van der Waals surface area contributed by atoms with E-state index in [9.17, 15) is 4.79 Å². The van der Waals surface area contributed by atoms with Gasteiger partial charge in [0.2, 0.25) is 5.91 Å².